The molecule has 104 valence electrons. The van der Waals surface area contributed by atoms with Crippen molar-refractivity contribution in [3.8, 4) is 0 Å². The van der Waals surface area contributed by atoms with E-state index in [0.717, 1.165) is 13.1 Å². The normalized spacial score (nSPS) is 20.9. The SMILES string of the molecule is CC1(CNCc2ccc3c(c2)CCCN3)CCCC1. The van der Waals surface area contributed by atoms with Crippen molar-refractivity contribution in [3.05, 3.63) is 29.3 Å². The van der Waals surface area contributed by atoms with Gasteiger partial charge in [0.05, 0.1) is 0 Å². The maximum absolute atomic E-state index is 3.67. The van der Waals surface area contributed by atoms with Crippen LogP contribution in [0.25, 0.3) is 0 Å². The molecule has 19 heavy (non-hydrogen) atoms. The molecule has 2 aliphatic rings. The highest BCUT2D eigenvalue weighted by Gasteiger charge is 2.27. The van der Waals surface area contributed by atoms with Crippen LogP contribution in [-0.2, 0) is 13.0 Å². The second-order valence-corrected chi connectivity index (χ2v) is 6.64. The minimum Gasteiger partial charge on any atom is -0.385 e. The Morgan fingerprint density at radius 2 is 2.05 bits per heavy atom. The highest BCUT2D eigenvalue weighted by atomic mass is 14.9. The predicted octanol–water partition coefficient (Wildman–Crippen LogP) is 3.71. The van der Waals surface area contributed by atoms with Crippen LogP contribution < -0.4 is 10.6 Å². The fourth-order valence-electron chi connectivity index (χ4n) is 3.55. The quantitative estimate of drug-likeness (QED) is 0.860. The van der Waals surface area contributed by atoms with Crippen molar-refractivity contribution in [1.82, 2.24) is 5.32 Å². The van der Waals surface area contributed by atoms with Gasteiger partial charge in [0.2, 0.25) is 0 Å². The van der Waals surface area contributed by atoms with E-state index < -0.39 is 0 Å². The molecule has 0 bridgehead atoms. The number of aryl methyl sites for hydroxylation is 1. The molecule has 1 aliphatic heterocycles. The van der Waals surface area contributed by atoms with Gasteiger partial charge in [-0.1, -0.05) is 31.9 Å². The Kier molecular flexibility index (Phi) is 3.79. The van der Waals surface area contributed by atoms with E-state index in [0.29, 0.717) is 5.41 Å². The molecule has 1 saturated carbocycles. The molecular formula is C17H26N2. The van der Waals surface area contributed by atoms with Crippen molar-refractivity contribution in [2.75, 3.05) is 18.4 Å². The fourth-order valence-corrected chi connectivity index (χ4v) is 3.55. The maximum atomic E-state index is 3.67. The van der Waals surface area contributed by atoms with Crippen molar-refractivity contribution < 1.29 is 0 Å². The van der Waals surface area contributed by atoms with Gasteiger partial charge in [0.15, 0.2) is 0 Å². The zero-order valence-electron chi connectivity index (χ0n) is 12.1. The number of fused-ring (bicyclic) bond motifs is 1. The van der Waals surface area contributed by atoms with Crippen LogP contribution in [0.3, 0.4) is 0 Å². The largest absolute Gasteiger partial charge is 0.385 e. The number of hydrogen-bond acceptors (Lipinski definition) is 2. The molecule has 2 nitrogen and oxygen atoms in total. The molecule has 0 saturated heterocycles. The first-order chi connectivity index (χ1) is 9.25. The second kappa shape index (κ2) is 5.54. The Morgan fingerprint density at radius 1 is 1.21 bits per heavy atom. The maximum Gasteiger partial charge on any atom is 0.0372 e. The van der Waals surface area contributed by atoms with Gasteiger partial charge in [0, 0.05) is 25.3 Å². The molecule has 2 N–H and O–H groups in total. The van der Waals surface area contributed by atoms with Gasteiger partial charge in [-0.3, -0.25) is 0 Å². The third kappa shape index (κ3) is 3.11. The van der Waals surface area contributed by atoms with E-state index in [1.807, 2.05) is 0 Å². The molecule has 1 aromatic rings. The number of rotatable bonds is 4. The van der Waals surface area contributed by atoms with Crippen LogP contribution in [-0.4, -0.2) is 13.1 Å². The van der Waals surface area contributed by atoms with Crippen LogP contribution in [0.15, 0.2) is 18.2 Å². The summed E-state index contributed by atoms with van der Waals surface area (Å²) in [5, 5.41) is 7.15. The van der Waals surface area contributed by atoms with Gasteiger partial charge in [-0.25, -0.2) is 0 Å². The minimum absolute atomic E-state index is 0.551. The molecule has 3 rings (SSSR count). The van der Waals surface area contributed by atoms with Crippen molar-refractivity contribution >= 4 is 5.69 Å². The lowest BCUT2D eigenvalue weighted by Gasteiger charge is -2.24. The zero-order chi connectivity index (χ0) is 13.1. The monoisotopic (exact) mass is 258 g/mol. The van der Waals surface area contributed by atoms with Crippen molar-refractivity contribution in [1.29, 1.82) is 0 Å². The minimum atomic E-state index is 0.551. The smallest absolute Gasteiger partial charge is 0.0372 e. The predicted molar refractivity (Wildman–Crippen MR) is 81.5 cm³/mol. The molecule has 0 unspecified atom stereocenters. The van der Waals surface area contributed by atoms with E-state index in [-0.39, 0.29) is 0 Å². The third-order valence-corrected chi connectivity index (χ3v) is 4.80. The zero-order valence-corrected chi connectivity index (χ0v) is 12.1. The van der Waals surface area contributed by atoms with E-state index in [2.05, 4.69) is 35.8 Å². The number of hydrogen-bond donors (Lipinski definition) is 2. The summed E-state index contributed by atoms with van der Waals surface area (Å²) in [5.74, 6) is 0. The first-order valence-corrected chi connectivity index (χ1v) is 7.82. The number of anilines is 1. The molecule has 1 aliphatic carbocycles. The molecule has 2 heteroatoms. The van der Waals surface area contributed by atoms with Crippen LogP contribution in [0.1, 0.15) is 50.2 Å². The Bertz CT molecular complexity index is 433. The lowest BCUT2D eigenvalue weighted by Crippen LogP contribution is -2.29. The lowest BCUT2D eigenvalue weighted by atomic mass is 9.89. The summed E-state index contributed by atoms with van der Waals surface area (Å²) >= 11 is 0. The number of nitrogens with one attached hydrogen (secondary N) is 2. The van der Waals surface area contributed by atoms with Crippen molar-refractivity contribution in [3.63, 3.8) is 0 Å². The lowest BCUT2D eigenvalue weighted by molar-refractivity contribution is 0.314. The van der Waals surface area contributed by atoms with Crippen LogP contribution in [0.2, 0.25) is 0 Å². The van der Waals surface area contributed by atoms with Gasteiger partial charge in [-0.05, 0) is 48.3 Å². The molecule has 0 radical (unpaired) electrons. The summed E-state index contributed by atoms with van der Waals surface area (Å²) in [6.07, 6.45) is 8.13. The van der Waals surface area contributed by atoms with Gasteiger partial charge in [0.1, 0.15) is 0 Å². The first-order valence-electron chi connectivity index (χ1n) is 7.82. The molecule has 1 fully saturated rings. The van der Waals surface area contributed by atoms with Gasteiger partial charge in [-0.15, -0.1) is 0 Å². The molecular weight excluding hydrogens is 232 g/mol. The Hall–Kier alpha value is -1.02. The van der Waals surface area contributed by atoms with Gasteiger partial charge < -0.3 is 10.6 Å². The van der Waals surface area contributed by atoms with Gasteiger partial charge in [0.25, 0.3) is 0 Å². The number of benzene rings is 1. The molecule has 1 aromatic carbocycles. The molecule has 1 heterocycles. The average molecular weight is 258 g/mol. The third-order valence-electron chi connectivity index (χ3n) is 4.80. The summed E-state index contributed by atoms with van der Waals surface area (Å²) in [4.78, 5) is 0. The van der Waals surface area contributed by atoms with Crippen LogP contribution >= 0.6 is 0 Å². The highest BCUT2D eigenvalue weighted by molar-refractivity contribution is 5.54. The van der Waals surface area contributed by atoms with Crippen LogP contribution in [0.5, 0.6) is 0 Å². The van der Waals surface area contributed by atoms with E-state index in [1.165, 1.54) is 61.9 Å². The van der Waals surface area contributed by atoms with E-state index >= 15 is 0 Å². The molecule has 0 amide bonds. The van der Waals surface area contributed by atoms with E-state index in [4.69, 9.17) is 0 Å². The summed E-state index contributed by atoms with van der Waals surface area (Å²) < 4.78 is 0. The van der Waals surface area contributed by atoms with E-state index in [9.17, 15) is 0 Å². The average Bonchev–Trinajstić information content (AvgIpc) is 2.86. The molecule has 0 spiro atoms. The van der Waals surface area contributed by atoms with Crippen LogP contribution in [0.4, 0.5) is 5.69 Å². The summed E-state index contributed by atoms with van der Waals surface area (Å²) in [7, 11) is 0. The highest BCUT2D eigenvalue weighted by Crippen LogP contribution is 2.36. The van der Waals surface area contributed by atoms with Crippen molar-refractivity contribution in [2.45, 2.75) is 52.0 Å². The van der Waals surface area contributed by atoms with Gasteiger partial charge in [-0.2, -0.15) is 0 Å². The Labute approximate surface area is 117 Å². The molecule has 0 atom stereocenters. The van der Waals surface area contributed by atoms with Gasteiger partial charge >= 0.3 is 0 Å². The summed E-state index contributed by atoms with van der Waals surface area (Å²) in [5.41, 5.74) is 4.83. The Balaban J connectivity index is 1.55. The van der Waals surface area contributed by atoms with E-state index in [1.54, 1.807) is 0 Å². The summed E-state index contributed by atoms with van der Waals surface area (Å²) in [6.45, 7) is 5.75. The Morgan fingerprint density at radius 3 is 2.89 bits per heavy atom. The fraction of sp³-hybridized carbons (Fsp3) is 0.647. The topological polar surface area (TPSA) is 24.1 Å². The standard InChI is InChI=1S/C17H26N2/c1-17(8-2-3-9-17)13-18-12-14-6-7-16-15(11-14)5-4-10-19-16/h6-7,11,18-19H,2-5,8-10,12-13H2,1H3. The van der Waals surface area contributed by atoms with Crippen LogP contribution in [0, 0.1) is 5.41 Å². The first kappa shape index (κ1) is 13.0. The second-order valence-electron chi connectivity index (χ2n) is 6.64. The molecule has 0 aromatic heterocycles. The van der Waals surface area contributed by atoms with Crippen molar-refractivity contribution in [2.24, 2.45) is 5.41 Å². The summed E-state index contributed by atoms with van der Waals surface area (Å²) in [6, 6.07) is 6.90.